The zero-order valence-electron chi connectivity index (χ0n) is 23.4. The smallest absolute Gasteiger partial charge is 0.284 e. The van der Waals surface area contributed by atoms with Crippen molar-refractivity contribution in [1.29, 1.82) is 0 Å². The SMILES string of the molecule is CN(c1cc(-c2nc(C(=O)Nc3cn(C4CCN(CCC5CCNCC5)CC4)nc3C(F)F)co2)ccn1)C1CC1. The van der Waals surface area contributed by atoms with Gasteiger partial charge in [0.15, 0.2) is 11.4 Å². The molecule has 12 heteroatoms. The minimum Gasteiger partial charge on any atom is -0.444 e. The number of anilines is 2. The maximum absolute atomic E-state index is 13.9. The second-order valence-electron chi connectivity index (χ2n) is 11.5. The lowest BCUT2D eigenvalue weighted by Crippen LogP contribution is -2.37. The zero-order chi connectivity index (χ0) is 28.3. The molecule has 3 fully saturated rings. The number of halogens is 2. The van der Waals surface area contributed by atoms with E-state index in [9.17, 15) is 13.6 Å². The maximum atomic E-state index is 13.9. The van der Waals surface area contributed by atoms with Gasteiger partial charge in [0.05, 0.1) is 11.7 Å². The van der Waals surface area contributed by atoms with E-state index in [1.165, 1.54) is 31.7 Å². The van der Waals surface area contributed by atoms with Gasteiger partial charge in [-0.3, -0.25) is 9.48 Å². The quantitative estimate of drug-likeness (QED) is 0.361. The Morgan fingerprint density at radius 3 is 2.71 bits per heavy atom. The molecule has 0 atom stereocenters. The van der Waals surface area contributed by atoms with Gasteiger partial charge in [-0.05, 0) is 82.6 Å². The molecule has 0 aromatic carbocycles. The molecule has 2 aliphatic heterocycles. The zero-order valence-corrected chi connectivity index (χ0v) is 23.4. The Hall–Kier alpha value is -3.38. The normalized spacial score (nSPS) is 19.1. The topological polar surface area (TPSA) is 104 Å². The average molecular weight is 569 g/mol. The summed E-state index contributed by atoms with van der Waals surface area (Å²) in [5.74, 6) is 1.23. The summed E-state index contributed by atoms with van der Waals surface area (Å²) in [6, 6.07) is 4.13. The van der Waals surface area contributed by atoms with Gasteiger partial charge in [-0.15, -0.1) is 0 Å². The van der Waals surface area contributed by atoms with Crippen LogP contribution in [0.25, 0.3) is 11.5 Å². The highest BCUT2D eigenvalue weighted by Gasteiger charge is 2.29. The van der Waals surface area contributed by atoms with Crippen LogP contribution in [0.1, 0.15) is 73.6 Å². The summed E-state index contributed by atoms with van der Waals surface area (Å²) < 4.78 is 35.0. The summed E-state index contributed by atoms with van der Waals surface area (Å²) in [6.07, 6.45) is 9.27. The first-order valence-corrected chi connectivity index (χ1v) is 14.7. The number of pyridine rings is 1. The highest BCUT2D eigenvalue weighted by atomic mass is 19.3. The van der Waals surface area contributed by atoms with Gasteiger partial charge in [0.1, 0.15) is 12.1 Å². The number of rotatable bonds is 10. The molecule has 3 aromatic rings. The van der Waals surface area contributed by atoms with Crippen molar-refractivity contribution >= 4 is 17.4 Å². The first kappa shape index (κ1) is 27.8. The van der Waals surface area contributed by atoms with E-state index >= 15 is 0 Å². The molecule has 5 heterocycles. The highest BCUT2D eigenvalue weighted by Crippen LogP contribution is 2.32. The number of aromatic nitrogens is 4. The summed E-state index contributed by atoms with van der Waals surface area (Å²) in [5, 5.41) is 10.2. The number of amides is 1. The number of nitrogens with one attached hydrogen (secondary N) is 2. The number of hydrogen-bond acceptors (Lipinski definition) is 8. The third-order valence-corrected chi connectivity index (χ3v) is 8.64. The lowest BCUT2D eigenvalue weighted by atomic mass is 9.94. The Morgan fingerprint density at radius 2 is 1.98 bits per heavy atom. The summed E-state index contributed by atoms with van der Waals surface area (Å²) in [7, 11) is 2.00. The van der Waals surface area contributed by atoms with Gasteiger partial charge >= 0.3 is 0 Å². The Bertz CT molecular complexity index is 1330. The van der Waals surface area contributed by atoms with Crippen molar-refractivity contribution in [3.8, 4) is 11.5 Å². The lowest BCUT2D eigenvalue weighted by Gasteiger charge is -2.33. The van der Waals surface area contributed by atoms with Gasteiger partial charge < -0.3 is 24.9 Å². The van der Waals surface area contributed by atoms with Crippen LogP contribution in [0.5, 0.6) is 0 Å². The van der Waals surface area contributed by atoms with Crippen LogP contribution >= 0.6 is 0 Å². The molecule has 3 aromatic heterocycles. The van der Waals surface area contributed by atoms with Crippen molar-refractivity contribution in [3.63, 3.8) is 0 Å². The van der Waals surface area contributed by atoms with Crippen LogP contribution in [-0.2, 0) is 0 Å². The van der Waals surface area contributed by atoms with Crippen molar-refractivity contribution in [2.24, 2.45) is 5.92 Å². The molecule has 0 unspecified atom stereocenters. The third kappa shape index (κ3) is 6.59. The van der Waals surface area contributed by atoms with Crippen LogP contribution in [0.2, 0.25) is 0 Å². The average Bonchev–Trinajstić information content (AvgIpc) is 3.57. The minimum atomic E-state index is -2.82. The van der Waals surface area contributed by atoms with E-state index in [2.05, 4.69) is 35.5 Å². The largest absolute Gasteiger partial charge is 0.444 e. The van der Waals surface area contributed by atoms with E-state index in [1.54, 1.807) is 16.9 Å². The van der Waals surface area contributed by atoms with E-state index in [4.69, 9.17) is 4.42 Å². The molecule has 2 N–H and O–H groups in total. The first-order chi connectivity index (χ1) is 19.9. The molecule has 0 radical (unpaired) electrons. The minimum absolute atomic E-state index is 0.000133. The number of likely N-dealkylation sites (tertiary alicyclic amines) is 1. The molecule has 6 rings (SSSR count). The third-order valence-electron chi connectivity index (χ3n) is 8.64. The van der Waals surface area contributed by atoms with Crippen LogP contribution in [-0.4, -0.2) is 76.4 Å². The molecule has 0 spiro atoms. The Morgan fingerprint density at radius 1 is 1.20 bits per heavy atom. The molecular formula is C29H38F2N8O2. The number of carbonyl (C=O) groups excluding carboxylic acids is 1. The van der Waals surface area contributed by atoms with Crippen LogP contribution in [0.3, 0.4) is 0 Å². The molecule has 41 heavy (non-hydrogen) atoms. The van der Waals surface area contributed by atoms with E-state index in [-0.39, 0.29) is 23.3 Å². The fraction of sp³-hybridized carbons (Fsp3) is 0.586. The van der Waals surface area contributed by atoms with E-state index in [1.807, 2.05) is 13.1 Å². The van der Waals surface area contributed by atoms with Crippen LogP contribution < -0.4 is 15.5 Å². The van der Waals surface area contributed by atoms with E-state index in [0.717, 1.165) is 70.1 Å². The summed E-state index contributed by atoms with van der Waals surface area (Å²) in [5.41, 5.74) is 0.256. The van der Waals surface area contributed by atoms with Gasteiger partial charge in [0.25, 0.3) is 12.3 Å². The molecule has 3 aliphatic rings. The number of alkyl halides is 2. The van der Waals surface area contributed by atoms with Gasteiger partial charge in [0.2, 0.25) is 5.89 Å². The fourth-order valence-electron chi connectivity index (χ4n) is 5.88. The molecular weight excluding hydrogens is 530 g/mol. The van der Waals surface area contributed by atoms with E-state index in [0.29, 0.717) is 11.6 Å². The Labute approximate surface area is 238 Å². The number of piperidine rings is 2. The van der Waals surface area contributed by atoms with Crippen molar-refractivity contribution in [2.45, 2.75) is 63.5 Å². The Balaban J connectivity index is 1.07. The van der Waals surface area contributed by atoms with Crippen molar-refractivity contribution in [1.82, 2.24) is 30.0 Å². The van der Waals surface area contributed by atoms with Gasteiger partial charge in [-0.1, -0.05) is 0 Å². The molecule has 0 bridgehead atoms. The van der Waals surface area contributed by atoms with Crippen molar-refractivity contribution in [2.75, 3.05) is 50.0 Å². The monoisotopic (exact) mass is 568 g/mol. The highest BCUT2D eigenvalue weighted by molar-refractivity contribution is 6.03. The number of hydrogen-bond donors (Lipinski definition) is 2. The van der Waals surface area contributed by atoms with Crippen LogP contribution in [0, 0.1) is 5.92 Å². The maximum Gasteiger partial charge on any atom is 0.284 e. The van der Waals surface area contributed by atoms with Gasteiger partial charge in [-0.25, -0.2) is 18.7 Å². The molecule has 2 saturated heterocycles. The summed E-state index contributed by atoms with van der Waals surface area (Å²) in [4.78, 5) is 26.3. The molecule has 1 saturated carbocycles. The molecule has 1 aliphatic carbocycles. The second kappa shape index (κ2) is 12.2. The summed E-state index contributed by atoms with van der Waals surface area (Å²) in [6.45, 7) is 5.13. The van der Waals surface area contributed by atoms with Gasteiger partial charge in [-0.2, -0.15) is 5.10 Å². The molecule has 10 nitrogen and oxygen atoms in total. The second-order valence-corrected chi connectivity index (χ2v) is 11.5. The lowest BCUT2D eigenvalue weighted by molar-refractivity contribution is 0.102. The number of oxazole rings is 1. The Kier molecular flexibility index (Phi) is 8.29. The van der Waals surface area contributed by atoms with Crippen molar-refractivity contribution in [3.05, 3.63) is 42.2 Å². The standard InChI is InChI=1S/C29H38F2N8O2/c1-37(21-2-3-21)25-16-20(6-12-33-25)29-35-24(18-41-29)28(40)34-23-17-39(36-26(23)27(30)31)22-8-14-38(15-9-22)13-7-19-4-10-32-11-5-19/h6,12,16-19,21-22,27,32H,2-5,7-11,13-15H2,1H3,(H,34,40). The summed E-state index contributed by atoms with van der Waals surface area (Å²) >= 11 is 0. The van der Waals surface area contributed by atoms with E-state index < -0.39 is 18.0 Å². The molecule has 1 amide bonds. The first-order valence-electron chi connectivity index (χ1n) is 14.7. The van der Waals surface area contributed by atoms with Crippen molar-refractivity contribution < 1.29 is 18.0 Å². The predicted molar refractivity (Wildman–Crippen MR) is 151 cm³/mol. The van der Waals surface area contributed by atoms with Crippen LogP contribution in [0.4, 0.5) is 20.3 Å². The fourth-order valence-corrected chi connectivity index (χ4v) is 5.88. The number of nitrogens with zero attached hydrogens (tertiary/aromatic N) is 6. The van der Waals surface area contributed by atoms with Gasteiger partial charge in [0, 0.05) is 44.1 Å². The number of carbonyl (C=O) groups is 1. The predicted octanol–water partition coefficient (Wildman–Crippen LogP) is 4.75. The molecule has 220 valence electrons. The van der Waals surface area contributed by atoms with Crippen LogP contribution in [0.15, 0.2) is 35.2 Å².